The second-order valence-corrected chi connectivity index (χ2v) is 4.50. The van der Waals surface area contributed by atoms with Gasteiger partial charge in [0.1, 0.15) is 5.82 Å². The number of halogens is 1. The molecule has 0 aliphatic heterocycles. The molecule has 1 atom stereocenters. The molecule has 0 saturated heterocycles. The number of nitrogens with zero attached hydrogens (tertiary/aromatic N) is 1. The van der Waals surface area contributed by atoms with E-state index in [-0.39, 0.29) is 11.8 Å². The van der Waals surface area contributed by atoms with E-state index < -0.39 is 0 Å². The van der Waals surface area contributed by atoms with E-state index in [0.29, 0.717) is 12.2 Å². The standard InChI is InChI=1S/C10H14BrN3O/c1-6(2)4-7(3)10(15)13-9-8(11)5-12-14-9/h5,7H,1,4H2,2-3H3,(H2,12,13,14,15). The third kappa shape index (κ3) is 3.51. The first-order valence-corrected chi connectivity index (χ1v) is 5.44. The first-order valence-electron chi connectivity index (χ1n) is 4.64. The van der Waals surface area contributed by atoms with Crippen LogP contribution >= 0.6 is 15.9 Å². The molecule has 0 fully saturated rings. The number of anilines is 1. The molecule has 1 aromatic rings. The maximum absolute atomic E-state index is 11.7. The Morgan fingerprint density at radius 2 is 2.47 bits per heavy atom. The van der Waals surface area contributed by atoms with Crippen LogP contribution in [0.25, 0.3) is 0 Å². The number of rotatable bonds is 4. The summed E-state index contributed by atoms with van der Waals surface area (Å²) in [5.74, 6) is 0.467. The van der Waals surface area contributed by atoms with Crippen molar-refractivity contribution < 1.29 is 4.79 Å². The lowest BCUT2D eigenvalue weighted by molar-refractivity contribution is -0.119. The van der Waals surface area contributed by atoms with Crippen molar-refractivity contribution in [2.75, 3.05) is 5.32 Å². The SMILES string of the molecule is C=C(C)CC(C)C(=O)Nc1[nH]ncc1Br. The van der Waals surface area contributed by atoms with Crippen LogP contribution in [0.2, 0.25) is 0 Å². The van der Waals surface area contributed by atoms with Crippen molar-refractivity contribution in [3.63, 3.8) is 0 Å². The highest BCUT2D eigenvalue weighted by atomic mass is 79.9. The number of carbonyl (C=O) groups excluding carboxylic acids is 1. The minimum Gasteiger partial charge on any atom is -0.310 e. The van der Waals surface area contributed by atoms with Crippen LogP contribution < -0.4 is 5.32 Å². The van der Waals surface area contributed by atoms with E-state index in [2.05, 4.69) is 38.0 Å². The van der Waals surface area contributed by atoms with E-state index >= 15 is 0 Å². The summed E-state index contributed by atoms with van der Waals surface area (Å²) in [4.78, 5) is 11.7. The lowest BCUT2D eigenvalue weighted by Crippen LogP contribution is -2.20. The summed E-state index contributed by atoms with van der Waals surface area (Å²) in [5, 5.41) is 9.23. The molecule has 4 nitrogen and oxygen atoms in total. The van der Waals surface area contributed by atoms with Gasteiger partial charge in [0.15, 0.2) is 0 Å². The molecule has 1 unspecified atom stereocenters. The molecule has 5 heteroatoms. The molecule has 0 spiro atoms. The molecule has 2 N–H and O–H groups in total. The van der Waals surface area contributed by atoms with Crippen molar-refractivity contribution in [1.82, 2.24) is 10.2 Å². The fourth-order valence-electron chi connectivity index (χ4n) is 1.22. The molecule has 1 amide bonds. The van der Waals surface area contributed by atoms with Crippen LogP contribution in [-0.2, 0) is 4.79 Å². The van der Waals surface area contributed by atoms with Crippen molar-refractivity contribution in [2.24, 2.45) is 5.92 Å². The number of nitrogens with one attached hydrogen (secondary N) is 2. The predicted molar refractivity (Wildman–Crippen MR) is 63.5 cm³/mol. The van der Waals surface area contributed by atoms with E-state index in [9.17, 15) is 4.79 Å². The largest absolute Gasteiger partial charge is 0.310 e. The van der Waals surface area contributed by atoms with Gasteiger partial charge in [0, 0.05) is 5.92 Å². The van der Waals surface area contributed by atoms with E-state index in [1.165, 1.54) is 0 Å². The third-order valence-corrected chi connectivity index (χ3v) is 2.54. The van der Waals surface area contributed by atoms with E-state index in [1.807, 2.05) is 13.8 Å². The Hall–Kier alpha value is -1.10. The quantitative estimate of drug-likeness (QED) is 0.828. The Morgan fingerprint density at radius 1 is 1.80 bits per heavy atom. The van der Waals surface area contributed by atoms with E-state index in [1.54, 1.807) is 6.20 Å². The lowest BCUT2D eigenvalue weighted by atomic mass is 10.0. The van der Waals surface area contributed by atoms with Gasteiger partial charge in [-0.15, -0.1) is 6.58 Å². The molecule has 0 aromatic carbocycles. The van der Waals surface area contributed by atoms with Gasteiger partial charge >= 0.3 is 0 Å². The number of hydrogen-bond acceptors (Lipinski definition) is 2. The summed E-state index contributed by atoms with van der Waals surface area (Å²) in [6, 6.07) is 0. The van der Waals surface area contributed by atoms with E-state index in [0.717, 1.165) is 10.0 Å². The molecule has 0 aliphatic rings. The molecule has 0 bridgehead atoms. The normalized spacial score (nSPS) is 12.2. The summed E-state index contributed by atoms with van der Waals surface area (Å²) < 4.78 is 0.748. The van der Waals surface area contributed by atoms with Crippen molar-refractivity contribution in [3.05, 3.63) is 22.8 Å². The highest BCUT2D eigenvalue weighted by Gasteiger charge is 2.14. The molecule has 0 radical (unpaired) electrons. The predicted octanol–water partition coefficient (Wildman–Crippen LogP) is 2.71. The summed E-state index contributed by atoms with van der Waals surface area (Å²) in [5.41, 5.74) is 1.00. The molecule has 82 valence electrons. The van der Waals surface area contributed by atoms with Crippen molar-refractivity contribution >= 4 is 27.7 Å². The van der Waals surface area contributed by atoms with Crippen LogP contribution in [0.5, 0.6) is 0 Å². The number of aromatic amines is 1. The summed E-state index contributed by atoms with van der Waals surface area (Å²) in [6.07, 6.45) is 2.29. The van der Waals surface area contributed by atoms with Crippen LogP contribution in [0.4, 0.5) is 5.82 Å². The number of allylic oxidation sites excluding steroid dienone is 1. The third-order valence-electron chi connectivity index (χ3n) is 1.94. The number of carbonyl (C=O) groups is 1. The average molecular weight is 272 g/mol. The van der Waals surface area contributed by atoms with Gasteiger partial charge in [-0.2, -0.15) is 5.10 Å². The van der Waals surface area contributed by atoms with Crippen molar-refractivity contribution in [3.8, 4) is 0 Å². The molecule has 0 aliphatic carbocycles. The van der Waals surface area contributed by atoms with Crippen LogP contribution in [-0.4, -0.2) is 16.1 Å². The maximum atomic E-state index is 11.7. The van der Waals surface area contributed by atoms with Gasteiger partial charge in [0.25, 0.3) is 0 Å². The monoisotopic (exact) mass is 271 g/mol. The van der Waals surface area contributed by atoms with Gasteiger partial charge in [-0.25, -0.2) is 0 Å². The minimum atomic E-state index is -0.0855. The van der Waals surface area contributed by atoms with Crippen molar-refractivity contribution in [1.29, 1.82) is 0 Å². The molecule has 1 heterocycles. The Kier molecular flexibility index (Phi) is 4.08. The highest BCUT2D eigenvalue weighted by molar-refractivity contribution is 9.10. The fourth-order valence-corrected chi connectivity index (χ4v) is 1.51. The van der Waals surface area contributed by atoms with Crippen LogP contribution in [0.3, 0.4) is 0 Å². The zero-order chi connectivity index (χ0) is 11.4. The minimum absolute atomic E-state index is 0.0389. The number of hydrogen-bond donors (Lipinski definition) is 2. The zero-order valence-corrected chi connectivity index (χ0v) is 10.4. The molecule has 15 heavy (non-hydrogen) atoms. The van der Waals surface area contributed by atoms with E-state index in [4.69, 9.17) is 0 Å². The van der Waals surface area contributed by atoms with Gasteiger partial charge in [-0.1, -0.05) is 12.5 Å². The Morgan fingerprint density at radius 3 is 2.93 bits per heavy atom. The van der Waals surface area contributed by atoms with Crippen molar-refractivity contribution in [2.45, 2.75) is 20.3 Å². The average Bonchev–Trinajstić information content (AvgIpc) is 2.50. The number of amides is 1. The highest BCUT2D eigenvalue weighted by Crippen LogP contribution is 2.19. The first-order chi connectivity index (χ1) is 7.00. The molecular formula is C10H14BrN3O. The summed E-state index contributed by atoms with van der Waals surface area (Å²) >= 11 is 3.27. The Labute approximate surface area is 97.3 Å². The van der Waals surface area contributed by atoms with Crippen LogP contribution in [0, 0.1) is 5.92 Å². The van der Waals surface area contributed by atoms with Crippen LogP contribution in [0.1, 0.15) is 20.3 Å². The van der Waals surface area contributed by atoms with Gasteiger partial charge in [0.05, 0.1) is 10.7 Å². The first kappa shape index (κ1) is 12.0. The van der Waals surface area contributed by atoms with Gasteiger partial charge in [-0.3, -0.25) is 9.89 Å². The topological polar surface area (TPSA) is 57.8 Å². The summed E-state index contributed by atoms with van der Waals surface area (Å²) in [7, 11) is 0. The maximum Gasteiger partial charge on any atom is 0.228 e. The van der Waals surface area contributed by atoms with Gasteiger partial charge in [-0.05, 0) is 29.3 Å². The fraction of sp³-hybridized carbons (Fsp3) is 0.400. The Balaban J connectivity index is 2.56. The lowest BCUT2D eigenvalue weighted by Gasteiger charge is -2.10. The second-order valence-electron chi connectivity index (χ2n) is 3.64. The molecule has 0 saturated carbocycles. The number of aromatic nitrogens is 2. The Bertz CT molecular complexity index is 372. The molecular weight excluding hydrogens is 258 g/mol. The molecule has 1 rings (SSSR count). The van der Waals surface area contributed by atoms with Gasteiger partial charge < -0.3 is 5.32 Å². The summed E-state index contributed by atoms with van der Waals surface area (Å²) in [6.45, 7) is 7.56. The molecule has 1 aromatic heterocycles. The van der Waals surface area contributed by atoms with Crippen LogP contribution in [0.15, 0.2) is 22.8 Å². The smallest absolute Gasteiger partial charge is 0.228 e. The number of H-pyrrole nitrogens is 1. The zero-order valence-electron chi connectivity index (χ0n) is 8.80. The van der Waals surface area contributed by atoms with Gasteiger partial charge in [0.2, 0.25) is 5.91 Å². The second kappa shape index (κ2) is 5.11.